The monoisotopic (exact) mass is 350 g/mol. The van der Waals surface area contributed by atoms with Crippen LogP contribution in [0.4, 0.5) is 5.69 Å². The summed E-state index contributed by atoms with van der Waals surface area (Å²) in [5.41, 5.74) is -0.0823. The van der Waals surface area contributed by atoms with Crippen LogP contribution < -0.4 is 10.1 Å². The Bertz CT molecular complexity index is 676. The van der Waals surface area contributed by atoms with E-state index < -0.39 is 11.9 Å². The van der Waals surface area contributed by atoms with E-state index in [0.29, 0.717) is 5.75 Å². The van der Waals surface area contributed by atoms with Crippen molar-refractivity contribution in [1.29, 1.82) is 0 Å². The smallest absolute Gasteiger partial charge is 0.356 e. The van der Waals surface area contributed by atoms with Gasteiger partial charge in [0.1, 0.15) is 5.75 Å². The molecule has 0 aliphatic carbocycles. The Morgan fingerprint density at radius 1 is 1.29 bits per heavy atom. The number of ether oxygens (including phenoxy) is 1. The van der Waals surface area contributed by atoms with Gasteiger partial charge >= 0.3 is 5.97 Å². The Kier molecular flexibility index (Phi) is 4.89. The minimum absolute atomic E-state index is 0.132. The Morgan fingerprint density at radius 3 is 2.81 bits per heavy atom. The first kappa shape index (κ1) is 15.0. The average molecular weight is 351 g/mol. The second kappa shape index (κ2) is 6.85. The minimum atomic E-state index is -1.21. The number of carbonyl (C=O) groups excluding carboxylic acids is 1. The van der Waals surface area contributed by atoms with Gasteiger partial charge in [0.2, 0.25) is 0 Å². The molecule has 1 aromatic heterocycles. The van der Waals surface area contributed by atoms with Gasteiger partial charge in [-0.25, -0.2) is 9.78 Å². The quantitative estimate of drug-likeness (QED) is 0.864. The molecule has 0 bridgehead atoms. The van der Waals surface area contributed by atoms with Crippen LogP contribution >= 0.6 is 15.9 Å². The lowest BCUT2D eigenvalue weighted by Gasteiger charge is -2.09. The summed E-state index contributed by atoms with van der Waals surface area (Å²) in [7, 11) is 0. The SMILES string of the molecule is O=C(COc1cccc(Br)c1)Nc1cccnc1C(=O)O. The highest BCUT2D eigenvalue weighted by Gasteiger charge is 2.13. The zero-order chi connectivity index (χ0) is 15.2. The van der Waals surface area contributed by atoms with Gasteiger partial charge in [0.15, 0.2) is 12.3 Å². The third-order valence-electron chi connectivity index (χ3n) is 2.45. The predicted molar refractivity (Wildman–Crippen MR) is 79.5 cm³/mol. The number of hydrogen-bond donors (Lipinski definition) is 2. The molecular weight excluding hydrogens is 340 g/mol. The fourth-order valence-corrected chi connectivity index (χ4v) is 1.95. The van der Waals surface area contributed by atoms with Crippen molar-refractivity contribution in [2.75, 3.05) is 11.9 Å². The number of halogens is 1. The lowest BCUT2D eigenvalue weighted by atomic mass is 10.3. The van der Waals surface area contributed by atoms with Crippen molar-refractivity contribution < 1.29 is 19.4 Å². The van der Waals surface area contributed by atoms with Crippen LogP contribution in [-0.2, 0) is 4.79 Å². The third-order valence-corrected chi connectivity index (χ3v) is 2.94. The molecule has 2 aromatic rings. The van der Waals surface area contributed by atoms with Crippen LogP contribution in [0.25, 0.3) is 0 Å². The molecule has 108 valence electrons. The van der Waals surface area contributed by atoms with Crippen molar-refractivity contribution in [3.8, 4) is 5.75 Å². The minimum Gasteiger partial charge on any atom is -0.484 e. The van der Waals surface area contributed by atoms with Gasteiger partial charge in [-0.05, 0) is 30.3 Å². The fraction of sp³-hybridized carbons (Fsp3) is 0.0714. The summed E-state index contributed by atoms with van der Waals surface area (Å²) in [6.07, 6.45) is 1.34. The first-order valence-corrected chi connectivity index (χ1v) is 6.72. The number of anilines is 1. The number of pyridine rings is 1. The van der Waals surface area contributed by atoms with Crippen molar-refractivity contribution in [3.63, 3.8) is 0 Å². The van der Waals surface area contributed by atoms with E-state index in [2.05, 4.69) is 26.2 Å². The second-order valence-electron chi connectivity index (χ2n) is 4.00. The molecule has 0 spiro atoms. The van der Waals surface area contributed by atoms with Gasteiger partial charge in [-0.15, -0.1) is 0 Å². The van der Waals surface area contributed by atoms with E-state index in [4.69, 9.17) is 9.84 Å². The van der Waals surface area contributed by atoms with Crippen LogP contribution in [0.2, 0.25) is 0 Å². The molecule has 0 saturated carbocycles. The van der Waals surface area contributed by atoms with Crippen LogP contribution in [0.5, 0.6) is 5.75 Å². The van der Waals surface area contributed by atoms with Crippen molar-refractivity contribution in [3.05, 3.63) is 52.8 Å². The highest BCUT2D eigenvalue weighted by Crippen LogP contribution is 2.18. The van der Waals surface area contributed by atoms with Crippen LogP contribution in [0.1, 0.15) is 10.5 Å². The Hall–Kier alpha value is -2.41. The summed E-state index contributed by atoms with van der Waals surface area (Å²) in [5, 5.41) is 11.4. The summed E-state index contributed by atoms with van der Waals surface area (Å²) >= 11 is 3.29. The molecule has 2 N–H and O–H groups in total. The maximum atomic E-state index is 11.8. The number of carboxylic acids is 1. The van der Waals surface area contributed by atoms with E-state index in [1.54, 1.807) is 18.2 Å². The Morgan fingerprint density at radius 2 is 2.10 bits per heavy atom. The molecule has 0 aliphatic rings. The van der Waals surface area contributed by atoms with Crippen molar-refractivity contribution in [1.82, 2.24) is 4.98 Å². The average Bonchev–Trinajstić information content (AvgIpc) is 2.45. The van der Waals surface area contributed by atoms with Crippen molar-refractivity contribution in [2.24, 2.45) is 0 Å². The number of nitrogens with zero attached hydrogens (tertiary/aromatic N) is 1. The normalized spacial score (nSPS) is 9.95. The molecule has 0 fully saturated rings. The molecular formula is C14H11BrN2O4. The number of nitrogens with one attached hydrogen (secondary N) is 1. The number of carboxylic acid groups (broad SMARTS) is 1. The molecule has 2 rings (SSSR count). The van der Waals surface area contributed by atoms with E-state index in [1.165, 1.54) is 18.3 Å². The highest BCUT2D eigenvalue weighted by molar-refractivity contribution is 9.10. The van der Waals surface area contributed by atoms with Crippen molar-refractivity contribution >= 4 is 33.5 Å². The molecule has 1 amide bonds. The van der Waals surface area contributed by atoms with Gasteiger partial charge in [-0.3, -0.25) is 4.79 Å². The molecule has 1 aromatic carbocycles. The third kappa shape index (κ3) is 4.28. The standard InChI is InChI=1S/C14H11BrN2O4/c15-9-3-1-4-10(7-9)21-8-12(18)17-11-5-2-6-16-13(11)14(19)20/h1-7H,8H2,(H,17,18)(H,19,20). The first-order chi connectivity index (χ1) is 10.1. The fourth-order valence-electron chi connectivity index (χ4n) is 1.57. The van der Waals surface area contributed by atoms with Gasteiger partial charge in [0.25, 0.3) is 5.91 Å². The lowest BCUT2D eigenvalue weighted by molar-refractivity contribution is -0.118. The highest BCUT2D eigenvalue weighted by atomic mass is 79.9. The van der Waals surface area contributed by atoms with E-state index in [-0.39, 0.29) is 18.0 Å². The van der Waals surface area contributed by atoms with Crippen LogP contribution in [0, 0.1) is 0 Å². The summed E-state index contributed by atoms with van der Waals surface area (Å²) in [4.78, 5) is 26.4. The Balaban J connectivity index is 1.98. The molecule has 6 nitrogen and oxygen atoms in total. The number of rotatable bonds is 5. The number of aromatic nitrogens is 1. The number of aromatic carboxylic acids is 1. The summed E-state index contributed by atoms with van der Waals surface area (Å²) in [5.74, 6) is -1.14. The molecule has 0 aliphatic heterocycles. The summed E-state index contributed by atoms with van der Waals surface area (Å²) in [6, 6.07) is 10.1. The molecule has 21 heavy (non-hydrogen) atoms. The Labute approximate surface area is 128 Å². The zero-order valence-electron chi connectivity index (χ0n) is 10.7. The van der Waals surface area contributed by atoms with Crippen LogP contribution in [0.15, 0.2) is 47.1 Å². The van der Waals surface area contributed by atoms with Crippen molar-refractivity contribution in [2.45, 2.75) is 0 Å². The van der Waals surface area contributed by atoms with Gasteiger partial charge in [-0.1, -0.05) is 22.0 Å². The molecule has 0 unspecified atom stereocenters. The summed E-state index contributed by atoms with van der Waals surface area (Å²) < 4.78 is 6.15. The maximum Gasteiger partial charge on any atom is 0.356 e. The number of carbonyl (C=O) groups is 2. The van der Waals surface area contributed by atoms with Crippen LogP contribution in [0.3, 0.4) is 0 Å². The number of benzene rings is 1. The zero-order valence-corrected chi connectivity index (χ0v) is 12.3. The largest absolute Gasteiger partial charge is 0.484 e. The van der Waals surface area contributed by atoms with Gasteiger partial charge in [-0.2, -0.15) is 0 Å². The molecule has 7 heteroatoms. The molecule has 0 atom stereocenters. The van der Waals surface area contributed by atoms with Gasteiger partial charge in [0, 0.05) is 10.7 Å². The van der Waals surface area contributed by atoms with E-state index in [1.807, 2.05) is 6.07 Å². The van der Waals surface area contributed by atoms with E-state index >= 15 is 0 Å². The second-order valence-corrected chi connectivity index (χ2v) is 4.91. The number of amides is 1. The first-order valence-electron chi connectivity index (χ1n) is 5.93. The number of hydrogen-bond acceptors (Lipinski definition) is 4. The predicted octanol–water partition coefficient (Wildman–Crippen LogP) is 2.56. The summed E-state index contributed by atoms with van der Waals surface area (Å²) in [6.45, 7) is -0.232. The molecule has 1 heterocycles. The molecule has 0 saturated heterocycles. The molecule has 0 radical (unpaired) electrons. The van der Waals surface area contributed by atoms with Gasteiger partial charge < -0.3 is 15.2 Å². The topological polar surface area (TPSA) is 88.5 Å². The van der Waals surface area contributed by atoms with Gasteiger partial charge in [0.05, 0.1) is 5.69 Å². The van der Waals surface area contributed by atoms with Crippen LogP contribution in [-0.4, -0.2) is 28.6 Å². The van der Waals surface area contributed by atoms with E-state index in [0.717, 1.165) is 4.47 Å². The lowest BCUT2D eigenvalue weighted by Crippen LogP contribution is -2.22. The van der Waals surface area contributed by atoms with E-state index in [9.17, 15) is 9.59 Å². The maximum absolute atomic E-state index is 11.8.